The Bertz CT molecular complexity index is 1020. The molecule has 3 aromatic rings. The van der Waals surface area contributed by atoms with E-state index >= 15 is 0 Å². The fourth-order valence-electron chi connectivity index (χ4n) is 3.93. The molecule has 3 aromatic carbocycles. The highest BCUT2D eigenvalue weighted by molar-refractivity contribution is 6.02. The molecule has 0 heterocycles. The van der Waals surface area contributed by atoms with Gasteiger partial charge in [0.05, 0.1) is 5.69 Å². The molecule has 0 unspecified atom stereocenters. The summed E-state index contributed by atoms with van der Waals surface area (Å²) in [4.78, 5) is 6.66. The van der Waals surface area contributed by atoms with E-state index in [0.29, 0.717) is 5.96 Å². The highest BCUT2D eigenvalue weighted by Crippen LogP contribution is 2.37. The number of hydrogen-bond donors (Lipinski definition) is 1. The third-order valence-corrected chi connectivity index (χ3v) is 5.54. The van der Waals surface area contributed by atoms with Gasteiger partial charge in [0, 0.05) is 12.7 Å². The van der Waals surface area contributed by atoms with Gasteiger partial charge in [-0.25, -0.2) is 4.99 Å². The normalized spacial score (nSPS) is 14.0. The van der Waals surface area contributed by atoms with Gasteiger partial charge in [0.25, 0.3) is 0 Å². The smallest absolute Gasteiger partial charge is 0.200 e. The number of nitrogens with zero attached hydrogens (tertiary/aromatic N) is 2. The molecule has 0 amide bonds. The standard InChI is InChI=1S/C24H27N3/c1-24(2,3)18-10-12-19(13-11-18)26-23(25)27(4)21-15-9-17-7-5-6-16-8-14-20(21)22(16)17/h5-7,9-13,15H,8,14H2,1-4H3,(H2,25,26). The van der Waals surface area contributed by atoms with Gasteiger partial charge in [0.2, 0.25) is 5.96 Å². The summed E-state index contributed by atoms with van der Waals surface area (Å²) in [7, 11) is 2.00. The van der Waals surface area contributed by atoms with Crippen LogP contribution < -0.4 is 10.6 Å². The Morgan fingerprint density at radius 1 is 0.963 bits per heavy atom. The first kappa shape index (κ1) is 17.6. The number of rotatable bonds is 2. The number of aliphatic imine (C=N–C) groups is 1. The summed E-state index contributed by atoms with van der Waals surface area (Å²) in [5.74, 6) is 0.512. The molecule has 0 saturated heterocycles. The summed E-state index contributed by atoms with van der Waals surface area (Å²) in [5.41, 5.74) is 12.6. The molecule has 0 radical (unpaired) electrons. The Hall–Kier alpha value is -2.81. The predicted molar refractivity (Wildman–Crippen MR) is 116 cm³/mol. The Kier molecular flexibility index (Phi) is 4.18. The van der Waals surface area contributed by atoms with E-state index in [0.717, 1.165) is 24.2 Å². The zero-order valence-electron chi connectivity index (χ0n) is 16.6. The van der Waals surface area contributed by atoms with E-state index in [9.17, 15) is 0 Å². The Morgan fingerprint density at radius 2 is 1.70 bits per heavy atom. The number of anilines is 1. The zero-order chi connectivity index (χ0) is 19.2. The van der Waals surface area contributed by atoms with Crippen molar-refractivity contribution in [1.29, 1.82) is 0 Å². The molecule has 1 aliphatic rings. The third kappa shape index (κ3) is 3.18. The van der Waals surface area contributed by atoms with Crippen LogP contribution in [0.3, 0.4) is 0 Å². The quantitative estimate of drug-likeness (QED) is 0.498. The first-order valence-electron chi connectivity index (χ1n) is 9.56. The fourth-order valence-corrected chi connectivity index (χ4v) is 3.93. The second kappa shape index (κ2) is 6.41. The van der Waals surface area contributed by atoms with Crippen LogP contribution in [0.25, 0.3) is 10.8 Å². The predicted octanol–water partition coefficient (Wildman–Crippen LogP) is 5.32. The average molecular weight is 358 g/mol. The van der Waals surface area contributed by atoms with Crippen LogP contribution in [0, 0.1) is 0 Å². The van der Waals surface area contributed by atoms with E-state index in [-0.39, 0.29) is 5.41 Å². The van der Waals surface area contributed by atoms with Crippen LogP contribution in [-0.2, 0) is 18.3 Å². The third-order valence-electron chi connectivity index (χ3n) is 5.54. The van der Waals surface area contributed by atoms with Crippen molar-refractivity contribution in [2.24, 2.45) is 10.7 Å². The molecule has 3 heteroatoms. The highest BCUT2D eigenvalue weighted by Gasteiger charge is 2.20. The van der Waals surface area contributed by atoms with E-state index in [2.05, 4.69) is 68.2 Å². The molecular weight excluding hydrogens is 330 g/mol. The molecule has 138 valence electrons. The first-order chi connectivity index (χ1) is 12.8. The molecule has 0 atom stereocenters. The number of aryl methyl sites for hydroxylation is 2. The number of nitrogens with two attached hydrogens (primary N) is 1. The molecule has 0 bridgehead atoms. The van der Waals surface area contributed by atoms with Gasteiger partial charge in [-0.3, -0.25) is 0 Å². The molecule has 4 rings (SSSR count). The van der Waals surface area contributed by atoms with Crippen LogP contribution in [0.1, 0.15) is 37.5 Å². The molecule has 1 aliphatic carbocycles. The summed E-state index contributed by atoms with van der Waals surface area (Å²) in [6, 6.07) is 19.3. The monoisotopic (exact) mass is 357 g/mol. The molecule has 27 heavy (non-hydrogen) atoms. The molecule has 2 N–H and O–H groups in total. The van der Waals surface area contributed by atoms with E-state index in [1.165, 1.54) is 27.5 Å². The highest BCUT2D eigenvalue weighted by atomic mass is 15.2. The lowest BCUT2D eigenvalue weighted by Gasteiger charge is -2.22. The van der Waals surface area contributed by atoms with Crippen molar-refractivity contribution < 1.29 is 0 Å². The fraction of sp³-hybridized carbons (Fsp3) is 0.292. The minimum atomic E-state index is 0.136. The molecule has 0 spiro atoms. The molecule has 3 nitrogen and oxygen atoms in total. The van der Waals surface area contributed by atoms with Crippen molar-refractivity contribution in [1.82, 2.24) is 0 Å². The maximum Gasteiger partial charge on any atom is 0.200 e. The number of hydrogen-bond acceptors (Lipinski definition) is 1. The Labute approximate surface area is 161 Å². The molecule has 0 fully saturated rings. The molecule has 0 aromatic heterocycles. The average Bonchev–Trinajstić information content (AvgIpc) is 3.07. The summed E-state index contributed by atoms with van der Waals surface area (Å²) in [6.45, 7) is 6.64. The van der Waals surface area contributed by atoms with Gasteiger partial charge in [0.1, 0.15) is 0 Å². The van der Waals surface area contributed by atoms with Gasteiger partial charge in [-0.1, -0.05) is 57.2 Å². The minimum Gasteiger partial charge on any atom is -0.369 e. The lowest BCUT2D eigenvalue weighted by molar-refractivity contribution is 0.590. The Balaban J connectivity index is 1.66. The largest absolute Gasteiger partial charge is 0.369 e. The maximum atomic E-state index is 6.37. The summed E-state index contributed by atoms with van der Waals surface area (Å²) in [5, 5.41) is 2.70. The second-order valence-electron chi connectivity index (χ2n) is 8.40. The van der Waals surface area contributed by atoms with Crippen LogP contribution in [0.5, 0.6) is 0 Å². The zero-order valence-corrected chi connectivity index (χ0v) is 16.6. The summed E-state index contributed by atoms with van der Waals surface area (Å²) in [6.07, 6.45) is 2.16. The first-order valence-corrected chi connectivity index (χ1v) is 9.56. The van der Waals surface area contributed by atoms with Gasteiger partial charge >= 0.3 is 0 Å². The van der Waals surface area contributed by atoms with Crippen LogP contribution in [0.15, 0.2) is 59.6 Å². The number of guanidine groups is 1. The van der Waals surface area contributed by atoms with Crippen molar-refractivity contribution in [3.8, 4) is 0 Å². The van der Waals surface area contributed by atoms with Gasteiger partial charge in [-0.15, -0.1) is 0 Å². The summed E-state index contributed by atoms with van der Waals surface area (Å²) < 4.78 is 0. The van der Waals surface area contributed by atoms with Gasteiger partial charge in [-0.2, -0.15) is 0 Å². The maximum absolute atomic E-state index is 6.37. The van der Waals surface area contributed by atoms with Crippen LogP contribution in [-0.4, -0.2) is 13.0 Å². The van der Waals surface area contributed by atoms with Crippen molar-refractivity contribution in [2.75, 3.05) is 11.9 Å². The van der Waals surface area contributed by atoms with E-state index in [1.54, 1.807) is 0 Å². The van der Waals surface area contributed by atoms with Gasteiger partial charge in [-0.05, 0) is 63.9 Å². The van der Waals surface area contributed by atoms with Crippen molar-refractivity contribution in [3.63, 3.8) is 0 Å². The lowest BCUT2D eigenvalue weighted by Crippen LogP contribution is -2.34. The number of benzene rings is 3. The molecular formula is C24H27N3. The SMILES string of the molecule is CN(C(N)=Nc1ccc(C(C)(C)C)cc1)c1ccc2cccc3c2c1CC3. The van der Waals surface area contributed by atoms with E-state index in [1.807, 2.05) is 24.1 Å². The second-order valence-corrected chi connectivity index (χ2v) is 8.40. The van der Waals surface area contributed by atoms with Gasteiger partial charge in [0.15, 0.2) is 0 Å². The molecule has 0 saturated carbocycles. The summed E-state index contributed by atoms with van der Waals surface area (Å²) >= 11 is 0. The Morgan fingerprint density at radius 3 is 2.41 bits per heavy atom. The van der Waals surface area contributed by atoms with Crippen LogP contribution in [0.4, 0.5) is 11.4 Å². The minimum absolute atomic E-state index is 0.136. The van der Waals surface area contributed by atoms with Gasteiger partial charge < -0.3 is 10.6 Å². The van der Waals surface area contributed by atoms with E-state index < -0.39 is 0 Å². The van der Waals surface area contributed by atoms with Crippen molar-refractivity contribution in [3.05, 3.63) is 71.3 Å². The van der Waals surface area contributed by atoms with Crippen LogP contribution >= 0.6 is 0 Å². The topological polar surface area (TPSA) is 41.6 Å². The van der Waals surface area contributed by atoms with Crippen LogP contribution in [0.2, 0.25) is 0 Å². The van der Waals surface area contributed by atoms with Crippen molar-refractivity contribution in [2.45, 2.75) is 39.0 Å². The lowest BCUT2D eigenvalue weighted by atomic mass is 9.87. The van der Waals surface area contributed by atoms with Crippen molar-refractivity contribution >= 4 is 28.1 Å². The van der Waals surface area contributed by atoms with E-state index in [4.69, 9.17) is 5.73 Å². The molecule has 0 aliphatic heterocycles.